The van der Waals surface area contributed by atoms with Gasteiger partial charge in [0.25, 0.3) is 0 Å². The van der Waals surface area contributed by atoms with Crippen LogP contribution in [0.3, 0.4) is 0 Å². The number of morpholine rings is 1. The van der Waals surface area contributed by atoms with Crippen LogP contribution in [-0.2, 0) is 9.47 Å². The molecule has 2 aliphatic heterocycles. The van der Waals surface area contributed by atoms with E-state index in [-0.39, 0.29) is 32.9 Å². The molecule has 0 aliphatic carbocycles. The van der Waals surface area contributed by atoms with Gasteiger partial charge in [-0.15, -0.1) is 0 Å². The van der Waals surface area contributed by atoms with Crippen molar-refractivity contribution >= 4 is 50.3 Å². The van der Waals surface area contributed by atoms with Gasteiger partial charge in [-0.2, -0.15) is 14.4 Å². The molecule has 2 fully saturated rings. The zero-order valence-corrected chi connectivity index (χ0v) is 18.9. The second kappa shape index (κ2) is 7.72. The lowest BCUT2D eigenvalue weighted by molar-refractivity contribution is -0.0107. The molecule has 2 bridgehead atoms. The van der Waals surface area contributed by atoms with Gasteiger partial charge in [0, 0.05) is 18.5 Å². The Labute approximate surface area is 185 Å². The molecule has 2 aromatic rings. The predicted molar refractivity (Wildman–Crippen MR) is 111 cm³/mol. The first-order chi connectivity index (χ1) is 14.0. The van der Waals surface area contributed by atoms with Crippen LogP contribution in [0.4, 0.5) is 19.4 Å². The normalized spacial score (nSPS) is 21.8. The highest BCUT2D eigenvalue weighted by molar-refractivity contribution is 9.10. The van der Waals surface area contributed by atoms with Gasteiger partial charge in [0.1, 0.15) is 16.9 Å². The van der Waals surface area contributed by atoms with Crippen LogP contribution in [-0.4, -0.2) is 64.9 Å². The van der Waals surface area contributed by atoms with Gasteiger partial charge in [0.2, 0.25) is 0 Å². The van der Waals surface area contributed by atoms with Crippen molar-refractivity contribution in [2.45, 2.75) is 38.5 Å². The Morgan fingerprint density at radius 3 is 2.50 bits per heavy atom. The lowest BCUT2D eigenvalue weighted by Crippen LogP contribution is -2.66. The van der Waals surface area contributed by atoms with E-state index in [4.69, 9.17) is 21.1 Å². The minimum absolute atomic E-state index is 0.0130. The molecule has 2 unspecified atom stereocenters. The van der Waals surface area contributed by atoms with Gasteiger partial charge in [-0.1, -0.05) is 11.6 Å². The Balaban J connectivity index is 1.73. The molecule has 0 N–H and O–H groups in total. The summed E-state index contributed by atoms with van der Waals surface area (Å²) in [6.45, 7) is 6.60. The molecule has 2 aliphatic rings. The molecular weight excluding hydrogens is 486 g/mol. The number of carbonyl (C=O) groups is 1. The number of ether oxygens (including phenoxy) is 2. The molecule has 3 heterocycles. The summed E-state index contributed by atoms with van der Waals surface area (Å²) in [4.78, 5) is 23.7. The number of benzene rings is 1. The minimum Gasteiger partial charge on any atom is -0.444 e. The Kier molecular flexibility index (Phi) is 5.52. The molecule has 30 heavy (non-hydrogen) atoms. The molecule has 0 spiro atoms. The van der Waals surface area contributed by atoms with Crippen LogP contribution in [0, 0.1) is 11.9 Å². The monoisotopic (exact) mass is 504 g/mol. The van der Waals surface area contributed by atoms with Crippen molar-refractivity contribution in [3.63, 3.8) is 0 Å². The van der Waals surface area contributed by atoms with Crippen molar-refractivity contribution in [2.24, 2.45) is 0 Å². The van der Waals surface area contributed by atoms with E-state index >= 15 is 0 Å². The predicted octanol–water partition coefficient (Wildman–Crippen LogP) is 4.15. The quantitative estimate of drug-likeness (QED) is 0.429. The van der Waals surface area contributed by atoms with Crippen molar-refractivity contribution in [2.75, 3.05) is 31.2 Å². The molecule has 2 saturated heterocycles. The zero-order chi connectivity index (χ0) is 21.8. The van der Waals surface area contributed by atoms with E-state index in [0.717, 1.165) is 0 Å². The van der Waals surface area contributed by atoms with E-state index in [2.05, 4.69) is 25.9 Å². The topological polar surface area (TPSA) is 67.8 Å². The third-order valence-corrected chi connectivity index (χ3v) is 6.25. The lowest BCUT2D eigenvalue weighted by atomic mass is 10.0. The maximum atomic E-state index is 14.7. The molecule has 0 radical (unpaired) electrons. The summed E-state index contributed by atoms with van der Waals surface area (Å²) in [6.07, 6.45) is -1.46. The van der Waals surface area contributed by atoms with Crippen LogP contribution < -0.4 is 4.90 Å². The Morgan fingerprint density at radius 2 is 1.90 bits per heavy atom. The standard InChI is InChI=1S/C19H20BrClF2N4O3/c1-19(2,3)30-18(28)26-5-9-7-29-8-10(6-26)27(9)16-11-4-12(21)13(20)14(22)15(11)24-17(23)25-16/h4,9-10H,5-8H2,1-3H3. The SMILES string of the molecule is CC(C)(C)OC(=O)N1CC2COCC(C1)N2c1nc(F)nc2c(F)c(Br)c(Cl)cc12. The summed E-state index contributed by atoms with van der Waals surface area (Å²) in [5, 5.41) is 0.426. The smallest absolute Gasteiger partial charge is 0.410 e. The van der Waals surface area contributed by atoms with Gasteiger partial charge in [-0.05, 0) is 42.8 Å². The second-order valence-corrected chi connectivity index (χ2v) is 9.54. The van der Waals surface area contributed by atoms with Crippen LogP contribution >= 0.6 is 27.5 Å². The molecule has 162 valence electrons. The molecule has 7 nitrogen and oxygen atoms in total. The molecule has 4 rings (SSSR count). The number of hydrogen-bond acceptors (Lipinski definition) is 6. The highest BCUT2D eigenvalue weighted by atomic mass is 79.9. The van der Waals surface area contributed by atoms with Crippen molar-refractivity contribution in [1.29, 1.82) is 0 Å². The van der Waals surface area contributed by atoms with Gasteiger partial charge in [-0.25, -0.2) is 9.18 Å². The van der Waals surface area contributed by atoms with E-state index in [1.807, 2.05) is 4.90 Å². The molecule has 11 heteroatoms. The first-order valence-corrected chi connectivity index (χ1v) is 10.6. The minimum atomic E-state index is -1.04. The molecule has 0 saturated carbocycles. The second-order valence-electron chi connectivity index (χ2n) is 8.34. The number of amides is 1. The van der Waals surface area contributed by atoms with Crippen molar-refractivity contribution < 1.29 is 23.0 Å². The van der Waals surface area contributed by atoms with Crippen LogP contribution in [0.25, 0.3) is 10.9 Å². The van der Waals surface area contributed by atoms with E-state index in [1.54, 1.807) is 25.7 Å². The van der Waals surface area contributed by atoms with Crippen molar-refractivity contribution in [1.82, 2.24) is 14.9 Å². The van der Waals surface area contributed by atoms with Crippen LogP contribution in [0.15, 0.2) is 10.5 Å². The average Bonchev–Trinajstić information content (AvgIpc) is 2.64. The fraction of sp³-hybridized carbons (Fsp3) is 0.526. The number of aromatic nitrogens is 2. The Hall–Kier alpha value is -1.78. The van der Waals surface area contributed by atoms with Gasteiger partial charge in [0.05, 0.1) is 34.8 Å². The maximum Gasteiger partial charge on any atom is 0.410 e. The highest BCUT2D eigenvalue weighted by Crippen LogP contribution is 2.37. The summed E-state index contributed by atoms with van der Waals surface area (Å²) in [6, 6.07) is 0.886. The maximum absolute atomic E-state index is 14.7. The van der Waals surface area contributed by atoms with E-state index < -0.39 is 23.6 Å². The third-order valence-electron chi connectivity index (χ3n) is 4.95. The van der Waals surface area contributed by atoms with E-state index in [0.29, 0.717) is 31.7 Å². The van der Waals surface area contributed by atoms with Gasteiger partial charge in [-0.3, -0.25) is 0 Å². The number of piperazine rings is 1. The van der Waals surface area contributed by atoms with Crippen molar-refractivity contribution in [3.8, 4) is 0 Å². The molecule has 1 amide bonds. The number of halogens is 4. The third kappa shape index (κ3) is 3.92. The summed E-state index contributed by atoms with van der Waals surface area (Å²) < 4.78 is 40.1. The van der Waals surface area contributed by atoms with Crippen molar-refractivity contribution in [3.05, 3.63) is 27.5 Å². The molecule has 1 aromatic carbocycles. The number of fused-ring (bicyclic) bond motifs is 3. The Bertz CT molecular complexity index is 1010. The number of rotatable bonds is 1. The summed E-state index contributed by atoms with van der Waals surface area (Å²) >= 11 is 9.20. The van der Waals surface area contributed by atoms with Crippen LogP contribution in [0.2, 0.25) is 5.02 Å². The summed E-state index contributed by atoms with van der Waals surface area (Å²) in [5.74, 6) is -0.526. The fourth-order valence-corrected chi connectivity index (χ4v) is 4.31. The number of nitrogens with zero attached hydrogens (tertiary/aromatic N) is 4. The van der Waals surface area contributed by atoms with E-state index in [9.17, 15) is 13.6 Å². The molecule has 2 atom stereocenters. The summed E-state index contributed by atoms with van der Waals surface area (Å²) in [7, 11) is 0. The molecule has 1 aromatic heterocycles. The fourth-order valence-electron chi connectivity index (χ4n) is 3.81. The molecular formula is C19H20BrClF2N4O3. The summed E-state index contributed by atoms with van der Waals surface area (Å²) in [5.41, 5.74) is -0.782. The van der Waals surface area contributed by atoms with Crippen LogP contribution in [0.1, 0.15) is 20.8 Å². The Morgan fingerprint density at radius 1 is 1.27 bits per heavy atom. The zero-order valence-electron chi connectivity index (χ0n) is 16.6. The number of carbonyl (C=O) groups excluding carboxylic acids is 1. The van der Waals surface area contributed by atoms with Gasteiger partial charge in [0.15, 0.2) is 5.82 Å². The number of hydrogen-bond donors (Lipinski definition) is 0. The first kappa shape index (κ1) is 21.5. The highest BCUT2D eigenvalue weighted by Gasteiger charge is 2.42. The average molecular weight is 506 g/mol. The first-order valence-electron chi connectivity index (χ1n) is 9.40. The lowest BCUT2D eigenvalue weighted by Gasteiger charge is -2.50. The van der Waals surface area contributed by atoms with Gasteiger partial charge < -0.3 is 19.3 Å². The van der Waals surface area contributed by atoms with Crippen LogP contribution in [0.5, 0.6) is 0 Å². The largest absolute Gasteiger partial charge is 0.444 e. The van der Waals surface area contributed by atoms with Gasteiger partial charge >= 0.3 is 12.2 Å². The van der Waals surface area contributed by atoms with E-state index in [1.165, 1.54) is 6.07 Å². The number of anilines is 1.